The van der Waals surface area contributed by atoms with Gasteiger partial charge in [-0.2, -0.15) is 0 Å². The van der Waals surface area contributed by atoms with Crippen molar-refractivity contribution in [2.24, 2.45) is 0 Å². The van der Waals surface area contributed by atoms with Gasteiger partial charge in [-0.05, 0) is 101 Å². The molecule has 0 fully saturated rings. The second-order valence-electron chi connectivity index (χ2n) is 21.6. The molecule has 12 heteroatoms. The molecule has 1 aliphatic carbocycles. The van der Waals surface area contributed by atoms with Gasteiger partial charge in [-0.25, -0.2) is 4.79 Å². The average Bonchev–Trinajstić information content (AvgIpc) is 1.03. The highest BCUT2D eigenvalue weighted by Crippen LogP contribution is 2.46. The van der Waals surface area contributed by atoms with Crippen LogP contribution in [0.4, 0.5) is 4.79 Å². The van der Waals surface area contributed by atoms with Crippen LogP contribution in [0.15, 0.2) is 249 Å². The number of amides is 3. The van der Waals surface area contributed by atoms with E-state index in [1.165, 1.54) is 0 Å². The van der Waals surface area contributed by atoms with Crippen LogP contribution in [0.1, 0.15) is 84.8 Å². The predicted octanol–water partition coefficient (Wildman–Crippen LogP) is 15.0. The summed E-state index contributed by atoms with van der Waals surface area (Å²) in [7, 11) is 3.12. The number of hydrogen-bond donors (Lipinski definition) is 3. The molecule has 0 saturated carbocycles. The lowest BCUT2D eigenvalue weighted by atomic mass is 9.80. The van der Waals surface area contributed by atoms with Crippen LogP contribution in [0, 0.1) is 13.8 Å². The SMILES string of the molecule is COc1ccc(C(NC(=O)[C@H](Cc2ccc(OC(c3ccccc3)(c3ccccc3)c3ccccc3Cl)cc2)NC(=O)OCC2c3ccccc3-c3ccccc32)c2ccc(OCC(=O)NC(c3ccc(C)cc3)c3ccc(C)cc3)cc2)c(OC)c1. The molecule has 0 bridgehead atoms. The zero-order valence-electron chi connectivity index (χ0n) is 48.7. The molecule has 0 radical (unpaired) electrons. The molecule has 436 valence electrons. The lowest BCUT2D eigenvalue weighted by molar-refractivity contribution is -0.124. The van der Waals surface area contributed by atoms with E-state index in [0.717, 1.165) is 66.8 Å². The maximum atomic E-state index is 15.3. The van der Waals surface area contributed by atoms with Gasteiger partial charge in [-0.1, -0.05) is 223 Å². The van der Waals surface area contributed by atoms with Crippen molar-refractivity contribution in [3.05, 3.63) is 321 Å². The molecular formula is C75H66ClN3O8. The number of hydrogen-bond acceptors (Lipinski definition) is 8. The first-order valence-corrected chi connectivity index (χ1v) is 29.3. The lowest BCUT2D eigenvalue weighted by Gasteiger charge is -2.37. The molecular weight excluding hydrogens is 1110 g/mol. The van der Waals surface area contributed by atoms with Gasteiger partial charge in [0, 0.05) is 45.7 Å². The molecule has 2 atom stereocenters. The minimum Gasteiger partial charge on any atom is -0.497 e. The van der Waals surface area contributed by atoms with E-state index in [-0.39, 0.29) is 31.5 Å². The molecule has 0 aromatic heterocycles. The average molecular weight is 1170 g/mol. The number of halogens is 1. The summed E-state index contributed by atoms with van der Waals surface area (Å²) in [5, 5.41) is 9.94. The number of methoxy groups -OCH3 is 2. The minimum atomic E-state index is -1.17. The summed E-state index contributed by atoms with van der Waals surface area (Å²) in [6.07, 6.45) is -0.709. The van der Waals surface area contributed by atoms with Gasteiger partial charge in [0.05, 0.1) is 26.3 Å². The van der Waals surface area contributed by atoms with Crippen molar-refractivity contribution in [2.45, 2.75) is 49.9 Å². The first-order valence-electron chi connectivity index (χ1n) is 28.9. The molecule has 0 aliphatic heterocycles. The van der Waals surface area contributed by atoms with Crippen molar-refractivity contribution in [3.8, 4) is 34.1 Å². The molecule has 10 aromatic carbocycles. The lowest BCUT2D eigenvalue weighted by Crippen LogP contribution is -2.49. The number of nitrogens with one attached hydrogen (secondary N) is 3. The molecule has 87 heavy (non-hydrogen) atoms. The smallest absolute Gasteiger partial charge is 0.407 e. The largest absolute Gasteiger partial charge is 0.497 e. The van der Waals surface area contributed by atoms with Crippen molar-refractivity contribution in [2.75, 3.05) is 27.4 Å². The third-order valence-electron chi connectivity index (χ3n) is 15.9. The summed E-state index contributed by atoms with van der Waals surface area (Å²) in [5.41, 5.74) is 11.7. The number of carbonyl (C=O) groups is 3. The molecule has 0 saturated heterocycles. The van der Waals surface area contributed by atoms with Crippen LogP contribution in [0.25, 0.3) is 11.1 Å². The van der Waals surface area contributed by atoms with Crippen LogP contribution in [-0.4, -0.2) is 51.4 Å². The van der Waals surface area contributed by atoms with E-state index in [9.17, 15) is 9.59 Å². The molecule has 11 rings (SSSR count). The molecule has 0 heterocycles. The van der Waals surface area contributed by atoms with Crippen LogP contribution < -0.4 is 34.9 Å². The second kappa shape index (κ2) is 26.9. The van der Waals surface area contributed by atoms with Crippen LogP contribution in [0.3, 0.4) is 0 Å². The molecule has 3 N–H and O–H groups in total. The van der Waals surface area contributed by atoms with Crippen LogP contribution in [0.2, 0.25) is 5.02 Å². The summed E-state index contributed by atoms with van der Waals surface area (Å²) >= 11 is 7.07. The molecule has 3 amide bonds. The van der Waals surface area contributed by atoms with Crippen molar-refractivity contribution in [1.29, 1.82) is 0 Å². The normalized spacial score (nSPS) is 12.4. The van der Waals surface area contributed by atoms with Gasteiger partial charge in [0.2, 0.25) is 5.91 Å². The Bertz CT molecular complexity index is 3860. The Morgan fingerprint density at radius 3 is 1.61 bits per heavy atom. The number of alkyl carbamates (subject to hydrolysis) is 1. The van der Waals surface area contributed by atoms with E-state index in [1.54, 1.807) is 38.5 Å². The number of rotatable bonds is 22. The van der Waals surface area contributed by atoms with Gasteiger partial charge in [0.15, 0.2) is 12.2 Å². The van der Waals surface area contributed by atoms with Gasteiger partial charge < -0.3 is 39.6 Å². The Morgan fingerprint density at radius 1 is 0.517 bits per heavy atom. The Balaban J connectivity index is 0.878. The van der Waals surface area contributed by atoms with Gasteiger partial charge in [-0.3, -0.25) is 9.59 Å². The van der Waals surface area contributed by atoms with E-state index in [4.69, 9.17) is 35.3 Å². The topological polar surface area (TPSA) is 133 Å². The zero-order chi connectivity index (χ0) is 60.3. The van der Waals surface area contributed by atoms with Crippen LogP contribution >= 0.6 is 11.6 Å². The maximum absolute atomic E-state index is 15.3. The number of ether oxygens (including phenoxy) is 5. The summed E-state index contributed by atoms with van der Waals surface area (Å²) < 4.78 is 31.0. The maximum Gasteiger partial charge on any atom is 0.407 e. The fourth-order valence-corrected chi connectivity index (χ4v) is 11.7. The number of fused-ring (bicyclic) bond motifs is 3. The van der Waals surface area contributed by atoms with Gasteiger partial charge >= 0.3 is 6.09 Å². The predicted molar refractivity (Wildman–Crippen MR) is 341 cm³/mol. The first kappa shape index (κ1) is 58.7. The van der Waals surface area contributed by atoms with Crippen molar-refractivity contribution >= 4 is 29.5 Å². The van der Waals surface area contributed by atoms with Gasteiger partial charge in [0.1, 0.15) is 35.6 Å². The Kier molecular flexibility index (Phi) is 18.1. The van der Waals surface area contributed by atoms with E-state index < -0.39 is 35.7 Å². The van der Waals surface area contributed by atoms with Crippen molar-refractivity contribution < 1.29 is 38.1 Å². The van der Waals surface area contributed by atoms with Crippen LogP contribution in [0.5, 0.6) is 23.0 Å². The summed E-state index contributed by atoms with van der Waals surface area (Å²) in [5.74, 6) is 0.936. The van der Waals surface area contributed by atoms with Crippen molar-refractivity contribution in [3.63, 3.8) is 0 Å². The summed E-state index contributed by atoms with van der Waals surface area (Å²) in [6, 6.07) is 77.7. The molecule has 1 unspecified atom stereocenters. The highest BCUT2D eigenvalue weighted by atomic mass is 35.5. The molecule has 1 aliphatic rings. The second-order valence-corrected chi connectivity index (χ2v) is 22.0. The Hall–Kier alpha value is -10.1. The number of carbonyl (C=O) groups excluding carboxylic acids is 3. The quantitative estimate of drug-likeness (QED) is 0.0572. The summed E-state index contributed by atoms with van der Waals surface area (Å²) in [4.78, 5) is 43.3. The fourth-order valence-electron chi connectivity index (χ4n) is 11.5. The number of benzene rings is 10. The molecule has 11 nitrogen and oxygen atoms in total. The third kappa shape index (κ3) is 13.2. The highest BCUT2D eigenvalue weighted by Gasteiger charge is 2.41. The van der Waals surface area contributed by atoms with Crippen LogP contribution in [-0.2, 0) is 26.3 Å². The minimum absolute atomic E-state index is 0.0398. The standard InChI is InChI=1S/C75H66ClN3O8/c1-49-27-33-52(34-28-49)71(53-35-29-50(2)30-36-53)78-70(80)48-85-57-41-37-54(38-42-57)72(64-44-43-59(83-3)46-69(64)84-4)79-73(81)68(77-74(82)86-47-65-62-23-13-11-21-60(62)61-22-12-14-24-63(61)65)45-51-31-39-58(40-32-51)87-75(55-17-7-5-8-18-55,56-19-9-6-10-20-56)66-25-15-16-26-67(66)76/h5-44,46,65,68,71-72H,45,47-48H2,1-4H3,(H,77,82)(H,78,80)(H,79,81)/t68-,72?/m0/s1. The number of aryl methyl sites for hydroxylation is 2. The van der Waals surface area contributed by atoms with E-state index >= 15 is 4.79 Å². The summed E-state index contributed by atoms with van der Waals surface area (Å²) in [6.45, 7) is 3.84. The van der Waals surface area contributed by atoms with E-state index in [2.05, 4.69) is 40.2 Å². The van der Waals surface area contributed by atoms with Gasteiger partial charge in [0.25, 0.3) is 5.91 Å². The van der Waals surface area contributed by atoms with E-state index in [0.29, 0.717) is 39.1 Å². The van der Waals surface area contributed by atoms with Gasteiger partial charge in [-0.15, -0.1) is 0 Å². The van der Waals surface area contributed by atoms with Crippen molar-refractivity contribution in [1.82, 2.24) is 16.0 Å². The third-order valence-corrected chi connectivity index (χ3v) is 16.3. The van der Waals surface area contributed by atoms with E-state index in [1.807, 2.05) is 214 Å². The Morgan fingerprint density at radius 2 is 1.03 bits per heavy atom. The molecule has 0 spiro atoms. The monoisotopic (exact) mass is 1170 g/mol. The fraction of sp³-hybridized carbons (Fsp3) is 0.160. The first-order chi connectivity index (χ1) is 42.5. The highest BCUT2D eigenvalue weighted by molar-refractivity contribution is 6.31. The molecule has 10 aromatic rings. The zero-order valence-corrected chi connectivity index (χ0v) is 49.5. The Labute approximate surface area is 512 Å².